The van der Waals surface area contributed by atoms with Crippen LogP contribution in [0.4, 0.5) is 0 Å². The second-order valence-corrected chi connectivity index (χ2v) is 8.19. The third kappa shape index (κ3) is 4.66. The van der Waals surface area contributed by atoms with Crippen LogP contribution in [0.2, 0.25) is 0 Å². The maximum absolute atomic E-state index is 12.8. The van der Waals surface area contributed by atoms with Crippen molar-refractivity contribution in [3.05, 3.63) is 0 Å². The standard InChI is InChI=1S/C14H27N3O3S/c1-11-6-5-8-15-13(11)14(18)17-9-4-3-7-12(17)10-16-21(2,19)20/h11-13,15-16H,3-10H2,1-2H3. The fourth-order valence-electron chi connectivity index (χ4n) is 3.31. The minimum atomic E-state index is -3.21. The fraction of sp³-hybridized carbons (Fsp3) is 0.929. The Balaban J connectivity index is 2.01. The van der Waals surface area contributed by atoms with Crippen LogP contribution in [0.15, 0.2) is 0 Å². The fourth-order valence-corrected chi connectivity index (χ4v) is 3.80. The average molecular weight is 317 g/mol. The molecular weight excluding hydrogens is 290 g/mol. The van der Waals surface area contributed by atoms with Crippen molar-refractivity contribution in [2.75, 3.05) is 25.9 Å². The first-order valence-electron chi connectivity index (χ1n) is 7.87. The van der Waals surface area contributed by atoms with E-state index in [1.54, 1.807) is 0 Å². The summed E-state index contributed by atoms with van der Waals surface area (Å²) in [5.41, 5.74) is 0. The second-order valence-electron chi connectivity index (χ2n) is 6.35. The number of sulfonamides is 1. The Bertz CT molecular complexity index is 466. The maximum Gasteiger partial charge on any atom is 0.240 e. The van der Waals surface area contributed by atoms with Gasteiger partial charge in [-0.1, -0.05) is 6.92 Å². The lowest BCUT2D eigenvalue weighted by Gasteiger charge is -2.40. The van der Waals surface area contributed by atoms with Crippen molar-refractivity contribution in [1.82, 2.24) is 14.9 Å². The summed E-state index contributed by atoms with van der Waals surface area (Å²) in [6, 6.07) is -0.130. The van der Waals surface area contributed by atoms with E-state index in [0.717, 1.165) is 51.4 Å². The molecule has 0 saturated carbocycles. The van der Waals surface area contributed by atoms with E-state index in [1.165, 1.54) is 0 Å². The summed E-state index contributed by atoms with van der Waals surface area (Å²) >= 11 is 0. The van der Waals surface area contributed by atoms with Gasteiger partial charge in [-0.25, -0.2) is 13.1 Å². The lowest BCUT2D eigenvalue weighted by atomic mass is 9.90. The van der Waals surface area contributed by atoms with Crippen LogP contribution < -0.4 is 10.0 Å². The second kappa shape index (κ2) is 7.07. The van der Waals surface area contributed by atoms with Gasteiger partial charge in [0.15, 0.2) is 0 Å². The van der Waals surface area contributed by atoms with E-state index in [2.05, 4.69) is 17.0 Å². The molecule has 7 heteroatoms. The molecule has 2 heterocycles. The predicted octanol–water partition coefficient (Wildman–Crippen LogP) is 0.305. The third-order valence-electron chi connectivity index (χ3n) is 4.53. The van der Waals surface area contributed by atoms with Crippen LogP contribution in [0.3, 0.4) is 0 Å². The molecule has 3 atom stereocenters. The topological polar surface area (TPSA) is 78.5 Å². The first-order valence-corrected chi connectivity index (χ1v) is 9.76. The molecule has 122 valence electrons. The van der Waals surface area contributed by atoms with Gasteiger partial charge in [-0.15, -0.1) is 0 Å². The zero-order valence-electron chi connectivity index (χ0n) is 13.0. The smallest absolute Gasteiger partial charge is 0.240 e. The highest BCUT2D eigenvalue weighted by Crippen LogP contribution is 2.22. The van der Waals surface area contributed by atoms with E-state index in [4.69, 9.17) is 0 Å². The molecule has 2 aliphatic heterocycles. The summed E-state index contributed by atoms with van der Waals surface area (Å²) in [6.45, 7) is 4.06. The monoisotopic (exact) mass is 317 g/mol. The van der Waals surface area contributed by atoms with Crippen molar-refractivity contribution < 1.29 is 13.2 Å². The van der Waals surface area contributed by atoms with Crippen LogP contribution in [0, 0.1) is 5.92 Å². The number of amides is 1. The number of nitrogens with one attached hydrogen (secondary N) is 2. The Morgan fingerprint density at radius 2 is 2.05 bits per heavy atom. The SMILES string of the molecule is CC1CCCNC1C(=O)N1CCCCC1CNS(C)(=O)=O. The maximum atomic E-state index is 12.8. The molecule has 0 aromatic rings. The van der Waals surface area contributed by atoms with Gasteiger partial charge in [0, 0.05) is 19.1 Å². The van der Waals surface area contributed by atoms with Crippen molar-refractivity contribution >= 4 is 15.9 Å². The molecule has 0 radical (unpaired) electrons. The predicted molar refractivity (Wildman–Crippen MR) is 82.4 cm³/mol. The average Bonchev–Trinajstić information content (AvgIpc) is 2.44. The number of rotatable bonds is 4. The molecule has 0 spiro atoms. The normalized spacial score (nSPS) is 31.1. The lowest BCUT2D eigenvalue weighted by Crippen LogP contribution is -2.57. The quantitative estimate of drug-likeness (QED) is 0.782. The first-order chi connectivity index (χ1) is 9.88. The summed E-state index contributed by atoms with van der Waals surface area (Å²) < 4.78 is 25.1. The summed E-state index contributed by atoms with van der Waals surface area (Å²) in [4.78, 5) is 14.7. The van der Waals surface area contributed by atoms with Crippen LogP contribution in [0.5, 0.6) is 0 Å². The van der Waals surface area contributed by atoms with Gasteiger partial charge in [-0.2, -0.15) is 0 Å². The molecule has 0 aromatic carbocycles. The van der Waals surface area contributed by atoms with E-state index < -0.39 is 10.0 Å². The molecule has 2 saturated heterocycles. The molecule has 21 heavy (non-hydrogen) atoms. The van der Waals surface area contributed by atoms with Crippen molar-refractivity contribution in [3.8, 4) is 0 Å². The van der Waals surface area contributed by atoms with Gasteiger partial charge in [0.2, 0.25) is 15.9 Å². The number of nitrogens with zero attached hydrogens (tertiary/aromatic N) is 1. The van der Waals surface area contributed by atoms with Gasteiger partial charge in [0.1, 0.15) is 0 Å². The molecule has 1 amide bonds. The first kappa shape index (κ1) is 16.7. The van der Waals surface area contributed by atoms with E-state index in [1.807, 2.05) is 4.90 Å². The van der Waals surface area contributed by atoms with Gasteiger partial charge in [0.05, 0.1) is 12.3 Å². The van der Waals surface area contributed by atoms with Crippen molar-refractivity contribution in [1.29, 1.82) is 0 Å². The van der Waals surface area contributed by atoms with E-state index in [0.29, 0.717) is 12.5 Å². The highest BCUT2D eigenvalue weighted by molar-refractivity contribution is 7.88. The molecule has 2 N–H and O–H groups in total. The molecular formula is C14H27N3O3S. The van der Waals surface area contributed by atoms with Crippen molar-refractivity contribution in [2.24, 2.45) is 5.92 Å². The van der Waals surface area contributed by atoms with Crippen LogP contribution in [0.25, 0.3) is 0 Å². The van der Waals surface area contributed by atoms with Crippen LogP contribution in [-0.4, -0.2) is 57.2 Å². The Hall–Kier alpha value is -0.660. The molecule has 2 rings (SSSR count). The zero-order chi connectivity index (χ0) is 15.5. The van der Waals surface area contributed by atoms with Crippen molar-refractivity contribution in [3.63, 3.8) is 0 Å². The largest absolute Gasteiger partial charge is 0.337 e. The number of carbonyl (C=O) groups is 1. The minimum Gasteiger partial charge on any atom is -0.337 e. The highest BCUT2D eigenvalue weighted by Gasteiger charge is 2.35. The van der Waals surface area contributed by atoms with E-state index in [-0.39, 0.29) is 18.0 Å². The molecule has 0 bridgehead atoms. The van der Waals surface area contributed by atoms with Gasteiger partial charge in [-0.3, -0.25) is 4.79 Å². The van der Waals surface area contributed by atoms with Crippen LogP contribution >= 0.6 is 0 Å². The summed E-state index contributed by atoms with van der Waals surface area (Å²) in [5.74, 6) is 0.485. The van der Waals surface area contributed by atoms with E-state index in [9.17, 15) is 13.2 Å². The van der Waals surface area contributed by atoms with Crippen LogP contribution in [0.1, 0.15) is 39.0 Å². The molecule has 0 aliphatic carbocycles. The van der Waals surface area contributed by atoms with Gasteiger partial charge in [-0.05, 0) is 44.6 Å². The Morgan fingerprint density at radius 1 is 1.29 bits per heavy atom. The minimum absolute atomic E-state index is 0.0168. The molecule has 2 fully saturated rings. The number of carbonyl (C=O) groups excluding carboxylic acids is 1. The molecule has 2 aliphatic rings. The zero-order valence-corrected chi connectivity index (χ0v) is 13.8. The third-order valence-corrected chi connectivity index (χ3v) is 5.22. The number of hydrogen-bond acceptors (Lipinski definition) is 4. The molecule has 6 nitrogen and oxygen atoms in total. The highest BCUT2D eigenvalue weighted by atomic mass is 32.2. The Labute approximate surface area is 127 Å². The van der Waals surface area contributed by atoms with Gasteiger partial charge >= 0.3 is 0 Å². The van der Waals surface area contributed by atoms with Crippen LogP contribution in [-0.2, 0) is 14.8 Å². The molecule has 3 unspecified atom stereocenters. The van der Waals surface area contributed by atoms with Crippen molar-refractivity contribution in [2.45, 2.75) is 51.1 Å². The summed E-state index contributed by atoms with van der Waals surface area (Å²) in [6.07, 6.45) is 6.27. The van der Waals surface area contributed by atoms with Gasteiger partial charge < -0.3 is 10.2 Å². The lowest BCUT2D eigenvalue weighted by molar-refractivity contribution is -0.138. The summed E-state index contributed by atoms with van der Waals surface area (Å²) in [5, 5.41) is 3.33. The molecule has 0 aromatic heterocycles. The van der Waals surface area contributed by atoms with Gasteiger partial charge in [0.25, 0.3) is 0 Å². The van der Waals surface area contributed by atoms with E-state index >= 15 is 0 Å². The number of piperidine rings is 2. The Morgan fingerprint density at radius 3 is 2.71 bits per heavy atom. The summed E-state index contributed by atoms with van der Waals surface area (Å²) in [7, 11) is -3.21. The number of likely N-dealkylation sites (tertiary alicyclic amines) is 1. The Kier molecular flexibility index (Phi) is 5.62. The number of hydrogen-bond donors (Lipinski definition) is 2.